The number of aliphatic carboxylic acids is 1. The molecule has 0 bridgehead atoms. The van der Waals surface area contributed by atoms with Crippen molar-refractivity contribution in [1.82, 2.24) is 0 Å². The summed E-state index contributed by atoms with van der Waals surface area (Å²) in [5.41, 5.74) is 1.75. The van der Waals surface area contributed by atoms with E-state index < -0.39 is 18.5 Å². The second-order valence-corrected chi connectivity index (χ2v) is 7.60. The number of nitriles is 1. The lowest BCUT2D eigenvalue weighted by Gasteiger charge is -2.14. The molecule has 0 saturated heterocycles. The zero-order valence-corrected chi connectivity index (χ0v) is 19.1. The van der Waals surface area contributed by atoms with Crippen molar-refractivity contribution in [1.29, 1.82) is 5.26 Å². The third-order valence-corrected chi connectivity index (χ3v) is 4.99. The number of hydrogen-bond acceptors (Lipinski definition) is 5. The van der Waals surface area contributed by atoms with E-state index in [1.165, 1.54) is 6.08 Å². The van der Waals surface area contributed by atoms with Crippen molar-refractivity contribution in [3.8, 4) is 17.6 Å². The van der Waals surface area contributed by atoms with Crippen molar-refractivity contribution in [3.05, 3.63) is 55.6 Å². The number of amides is 1. The van der Waals surface area contributed by atoms with Gasteiger partial charge in [0.1, 0.15) is 11.6 Å². The van der Waals surface area contributed by atoms with Gasteiger partial charge < -0.3 is 19.9 Å². The number of carbonyl (C=O) groups is 2. The Balaban J connectivity index is 2.33. The third kappa shape index (κ3) is 6.37. The molecule has 2 N–H and O–H groups in total. The van der Waals surface area contributed by atoms with Gasteiger partial charge in [-0.15, -0.1) is 0 Å². The van der Waals surface area contributed by atoms with Gasteiger partial charge in [-0.25, -0.2) is 4.79 Å². The molecule has 2 rings (SSSR count). The average molecular weight is 541 g/mol. The number of nitrogens with one attached hydrogen (secondary N) is 1. The fourth-order valence-corrected chi connectivity index (χ4v) is 3.35. The normalized spacial score (nSPS) is 10.8. The SMILES string of the molecule is CCOc1cc(C=C(C#N)C(=O)Nc2ccc(C)c(Cl)c2)cc(I)c1OCC(=O)O. The maximum absolute atomic E-state index is 12.5. The number of halogens is 2. The highest BCUT2D eigenvalue weighted by atomic mass is 127. The Hall–Kier alpha value is -2.77. The molecule has 0 radical (unpaired) electrons. The zero-order valence-electron chi connectivity index (χ0n) is 16.2. The number of aryl methyl sites for hydroxylation is 1. The highest BCUT2D eigenvalue weighted by Gasteiger charge is 2.15. The highest BCUT2D eigenvalue weighted by molar-refractivity contribution is 14.1. The van der Waals surface area contributed by atoms with Crippen LogP contribution in [0.4, 0.5) is 5.69 Å². The summed E-state index contributed by atoms with van der Waals surface area (Å²) in [5, 5.41) is 21.4. The quantitative estimate of drug-likeness (QED) is 0.286. The number of carboxylic acids is 1. The highest BCUT2D eigenvalue weighted by Crippen LogP contribution is 2.35. The predicted molar refractivity (Wildman–Crippen MR) is 122 cm³/mol. The van der Waals surface area contributed by atoms with Gasteiger partial charge in [0, 0.05) is 10.7 Å². The van der Waals surface area contributed by atoms with E-state index >= 15 is 0 Å². The van der Waals surface area contributed by atoms with E-state index in [0.29, 0.717) is 32.2 Å². The standard InChI is InChI=1S/C21H18ClIN2O5/c1-3-29-18-8-13(7-17(23)20(18)30-11-19(26)27)6-14(10-24)21(28)25-15-5-4-12(2)16(22)9-15/h4-9H,3,11H2,1-2H3,(H,25,28)(H,26,27). The van der Waals surface area contributed by atoms with Crippen LogP contribution < -0.4 is 14.8 Å². The van der Waals surface area contributed by atoms with Crippen molar-refractivity contribution in [2.24, 2.45) is 0 Å². The number of ether oxygens (including phenoxy) is 2. The minimum atomic E-state index is -1.11. The third-order valence-electron chi connectivity index (χ3n) is 3.78. The van der Waals surface area contributed by atoms with E-state index in [1.807, 2.05) is 35.6 Å². The first-order valence-electron chi connectivity index (χ1n) is 8.75. The first-order chi connectivity index (χ1) is 14.2. The molecule has 0 aromatic heterocycles. The van der Waals surface area contributed by atoms with Crippen LogP contribution in [0.15, 0.2) is 35.9 Å². The van der Waals surface area contributed by atoms with E-state index in [2.05, 4.69) is 5.32 Å². The maximum atomic E-state index is 12.5. The molecule has 0 heterocycles. The van der Waals surface area contributed by atoms with Gasteiger partial charge in [0.05, 0.1) is 10.2 Å². The summed E-state index contributed by atoms with van der Waals surface area (Å²) in [7, 11) is 0. The molecule has 0 aliphatic heterocycles. The Morgan fingerprint density at radius 3 is 2.63 bits per heavy atom. The molecule has 0 fully saturated rings. The van der Waals surface area contributed by atoms with Gasteiger partial charge >= 0.3 is 5.97 Å². The molecule has 2 aromatic carbocycles. The second kappa shape index (κ2) is 10.8. The Labute approximate surface area is 192 Å². The maximum Gasteiger partial charge on any atom is 0.341 e. The fourth-order valence-electron chi connectivity index (χ4n) is 2.39. The minimum absolute atomic E-state index is 0.121. The van der Waals surface area contributed by atoms with E-state index in [1.54, 1.807) is 37.3 Å². The zero-order chi connectivity index (χ0) is 22.3. The molecule has 7 nitrogen and oxygen atoms in total. The first kappa shape index (κ1) is 23.5. The number of hydrogen-bond donors (Lipinski definition) is 2. The van der Waals surface area contributed by atoms with E-state index in [-0.39, 0.29) is 11.3 Å². The Morgan fingerprint density at radius 2 is 2.03 bits per heavy atom. The largest absolute Gasteiger partial charge is 0.490 e. The molecule has 156 valence electrons. The van der Waals surface area contributed by atoms with Crippen LogP contribution in [0.5, 0.6) is 11.5 Å². The molecule has 30 heavy (non-hydrogen) atoms. The Bertz CT molecular complexity index is 1050. The van der Waals surface area contributed by atoms with Crippen LogP contribution in [-0.4, -0.2) is 30.2 Å². The lowest BCUT2D eigenvalue weighted by Crippen LogP contribution is -2.13. The van der Waals surface area contributed by atoms with Gasteiger partial charge in [0.15, 0.2) is 18.1 Å². The van der Waals surface area contributed by atoms with E-state index in [4.69, 9.17) is 26.2 Å². The summed E-state index contributed by atoms with van der Waals surface area (Å²) in [6.07, 6.45) is 1.41. The van der Waals surface area contributed by atoms with Crippen LogP contribution in [0, 0.1) is 21.8 Å². The summed E-state index contributed by atoms with van der Waals surface area (Å²) in [5.74, 6) is -1.09. The van der Waals surface area contributed by atoms with Gasteiger partial charge in [-0.2, -0.15) is 5.26 Å². The molecule has 0 aliphatic carbocycles. The molecule has 9 heteroatoms. The molecule has 1 amide bonds. The topological polar surface area (TPSA) is 109 Å². The van der Waals surface area contributed by atoms with Gasteiger partial charge in [-0.3, -0.25) is 4.79 Å². The van der Waals surface area contributed by atoms with Crippen LogP contribution in [0.3, 0.4) is 0 Å². The van der Waals surface area contributed by atoms with Gasteiger partial charge in [-0.1, -0.05) is 17.7 Å². The molecule has 0 saturated carbocycles. The molecule has 0 spiro atoms. The van der Waals surface area contributed by atoms with Crippen LogP contribution in [0.1, 0.15) is 18.1 Å². The van der Waals surface area contributed by atoms with Crippen LogP contribution in [-0.2, 0) is 9.59 Å². The summed E-state index contributed by atoms with van der Waals surface area (Å²) in [6.45, 7) is 3.43. The summed E-state index contributed by atoms with van der Waals surface area (Å²) < 4.78 is 11.4. The van der Waals surface area contributed by atoms with Crippen molar-refractivity contribution >= 4 is 57.8 Å². The lowest BCUT2D eigenvalue weighted by molar-refractivity contribution is -0.139. The Morgan fingerprint density at radius 1 is 1.30 bits per heavy atom. The van der Waals surface area contributed by atoms with Gasteiger partial charge in [0.25, 0.3) is 5.91 Å². The number of anilines is 1. The van der Waals surface area contributed by atoms with E-state index in [9.17, 15) is 14.9 Å². The van der Waals surface area contributed by atoms with Gasteiger partial charge in [-0.05, 0) is 77.9 Å². The first-order valence-corrected chi connectivity index (χ1v) is 10.2. The molecule has 2 aromatic rings. The molecule has 0 unspecified atom stereocenters. The number of carboxylic acid groups (broad SMARTS) is 1. The van der Waals surface area contributed by atoms with Crippen LogP contribution >= 0.6 is 34.2 Å². The minimum Gasteiger partial charge on any atom is -0.490 e. The monoisotopic (exact) mass is 540 g/mol. The number of carbonyl (C=O) groups excluding carboxylic acids is 1. The molecule has 0 aliphatic rings. The van der Waals surface area contributed by atoms with Crippen molar-refractivity contribution in [2.45, 2.75) is 13.8 Å². The summed E-state index contributed by atoms with van der Waals surface area (Å²) >= 11 is 8.05. The predicted octanol–water partition coefficient (Wildman–Crippen LogP) is 4.66. The van der Waals surface area contributed by atoms with Gasteiger partial charge in [0.2, 0.25) is 0 Å². The molecular formula is C21H18ClIN2O5. The number of nitrogens with zero attached hydrogens (tertiary/aromatic N) is 1. The van der Waals surface area contributed by atoms with E-state index in [0.717, 1.165) is 5.56 Å². The fraction of sp³-hybridized carbons (Fsp3) is 0.190. The molecule has 0 atom stereocenters. The Kier molecular flexibility index (Phi) is 8.50. The summed E-state index contributed by atoms with van der Waals surface area (Å²) in [4.78, 5) is 23.3. The van der Waals surface area contributed by atoms with Crippen molar-refractivity contribution < 1.29 is 24.2 Å². The van der Waals surface area contributed by atoms with Crippen molar-refractivity contribution in [3.63, 3.8) is 0 Å². The molecular weight excluding hydrogens is 523 g/mol. The van der Waals surface area contributed by atoms with Crippen molar-refractivity contribution in [2.75, 3.05) is 18.5 Å². The lowest BCUT2D eigenvalue weighted by atomic mass is 10.1. The average Bonchev–Trinajstić information content (AvgIpc) is 2.68. The smallest absolute Gasteiger partial charge is 0.341 e. The van der Waals surface area contributed by atoms with Crippen LogP contribution in [0.25, 0.3) is 6.08 Å². The number of rotatable bonds is 8. The summed E-state index contributed by atoms with van der Waals surface area (Å²) in [6, 6.07) is 10.2. The van der Waals surface area contributed by atoms with Crippen LogP contribution in [0.2, 0.25) is 5.02 Å². The number of benzene rings is 2. The second-order valence-electron chi connectivity index (χ2n) is 6.03.